The first-order chi connectivity index (χ1) is 8.15. The predicted octanol–water partition coefficient (Wildman–Crippen LogP) is 1.42. The van der Waals surface area contributed by atoms with Gasteiger partial charge in [-0.25, -0.2) is 0 Å². The molecule has 1 aliphatic heterocycles. The normalized spacial score (nSPS) is 37.9. The van der Waals surface area contributed by atoms with Gasteiger partial charge >= 0.3 is 0 Å². The van der Waals surface area contributed by atoms with Crippen LogP contribution in [0, 0.1) is 11.8 Å². The molecule has 3 atom stereocenters. The van der Waals surface area contributed by atoms with Gasteiger partial charge in [-0.05, 0) is 57.7 Å². The lowest BCUT2D eigenvalue weighted by molar-refractivity contribution is 0.0313. The standard InChI is InChI=1S/C14H28N2O/c1-12-4-5-14(17)13(10-12)11-16-7-3-6-15(2)8-9-16/h12-14,17H,3-11H2,1-2H3. The van der Waals surface area contributed by atoms with Crippen LogP contribution in [0.15, 0.2) is 0 Å². The van der Waals surface area contributed by atoms with Crippen molar-refractivity contribution in [2.24, 2.45) is 11.8 Å². The molecule has 1 heterocycles. The molecule has 17 heavy (non-hydrogen) atoms. The molecule has 1 saturated heterocycles. The zero-order chi connectivity index (χ0) is 12.3. The molecule has 0 aromatic rings. The molecule has 3 nitrogen and oxygen atoms in total. The zero-order valence-electron chi connectivity index (χ0n) is 11.4. The summed E-state index contributed by atoms with van der Waals surface area (Å²) in [7, 11) is 2.21. The summed E-state index contributed by atoms with van der Waals surface area (Å²) in [6, 6.07) is 0. The molecule has 1 aliphatic carbocycles. The molecule has 3 unspecified atom stereocenters. The van der Waals surface area contributed by atoms with Crippen LogP contribution in [0.3, 0.4) is 0 Å². The molecule has 1 N–H and O–H groups in total. The SMILES string of the molecule is CC1CCC(O)C(CN2CCCN(C)CC2)C1. The van der Waals surface area contributed by atoms with Crippen LogP contribution in [0.5, 0.6) is 0 Å². The van der Waals surface area contributed by atoms with Crippen LogP contribution in [0.1, 0.15) is 32.6 Å². The fourth-order valence-electron chi connectivity index (χ4n) is 3.29. The summed E-state index contributed by atoms with van der Waals surface area (Å²) in [6.45, 7) is 8.23. The molecule has 0 radical (unpaired) electrons. The lowest BCUT2D eigenvalue weighted by Crippen LogP contribution is -2.40. The topological polar surface area (TPSA) is 26.7 Å². The van der Waals surface area contributed by atoms with E-state index in [1.807, 2.05) is 0 Å². The van der Waals surface area contributed by atoms with Gasteiger partial charge in [0.1, 0.15) is 0 Å². The minimum Gasteiger partial charge on any atom is -0.393 e. The number of likely N-dealkylation sites (N-methyl/N-ethyl adjacent to an activating group) is 1. The molecule has 2 fully saturated rings. The van der Waals surface area contributed by atoms with Gasteiger partial charge < -0.3 is 14.9 Å². The Labute approximate surface area is 106 Å². The molecule has 0 bridgehead atoms. The maximum Gasteiger partial charge on any atom is 0.0580 e. The summed E-state index contributed by atoms with van der Waals surface area (Å²) in [4.78, 5) is 4.98. The highest BCUT2D eigenvalue weighted by molar-refractivity contribution is 4.81. The average Bonchev–Trinajstić information content (AvgIpc) is 2.49. The molecule has 2 aliphatic rings. The van der Waals surface area contributed by atoms with E-state index in [2.05, 4.69) is 23.8 Å². The van der Waals surface area contributed by atoms with Gasteiger partial charge in [-0.3, -0.25) is 0 Å². The van der Waals surface area contributed by atoms with E-state index in [-0.39, 0.29) is 6.10 Å². The Bertz CT molecular complexity index is 234. The Balaban J connectivity index is 1.82. The molecule has 0 aromatic carbocycles. The number of hydrogen-bond acceptors (Lipinski definition) is 3. The van der Waals surface area contributed by atoms with Crippen LogP contribution in [0.2, 0.25) is 0 Å². The third kappa shape index (κ3) is 3.94. The highest BCUT2D eigenvalue weighted by Crippen LogP contribution is 2.29. The molecule has 1 saturated carbocycles. The Morgan fingerprint density at radius 2 is 1.94 bits per heavy atom. The lowest BCUT2D eigenvalue weighted by Gasteiger charge is -2.35. The van der Waals surface area contributed by atoms with Crippen LogP contribution in [0.4, 0.5) is 0 Å². The molecular formula is C14H28N2O. The summed E-state index contributed by atoms with van der Waals surface area (Å²) in [5.41, 5.74) is 0. The van der Waals surface area contributed by atoms with Crippen molar-refractivity contribution in [3.63, 3.8) is 0 Å². The van der Waals surface area contributed by atoms with Crippen LogP contribution in [0.25, 0.3) is 0 Å². The summed E-state index contributed by atoms with van der Waals surface area (Å²) in [6.07, 6.45) is 4.66. The zero-order valence-corrected chi connectivity index (χ0v) is 11.4. The van der Waals surface area contributed by atoms with Crippen molar-refractivity contribution in [2.45, 2.75) is 38.7 Å². The van der Waals surface area contributed by atoms with Crippen LogP contribution in [-0.2, 0) is 0 Å². The third-order valence-corrected chi connectivity index (χ3v) is 4.51. The van der Waals surface area contributed by atoms with Crippen molar-refractivity contribution in [1.82, 2.24) is 9.80 Å². The van der Waals surface area contributed by atoms with E-state index >= 15 is 0 Å². The van der Waals surface area contributed by atoms with Crippen LogP contribution >= 0.6 is 0 Å². The van der Waals surface area contributed by atoms with E-state index in [1.54, 1.807) is 0 Å². The minimum atomic E-state index is -0.0489. The number of rotatable bonds is 2. The van der Waals surface area contributed by atoms with E-state index in [0.717, 1.165) is 18.9 Å². The van der Waals surface area contributed by atoms with E-state index in [9.17, 15) is 5.11 Å². The maximum absolute atomic E-state index is 10.1. The van der Waals surface area contributed by atoms with Gasteiger partial charge in [0.25, 0.3) is 0 Å². The van der Waals surface area contributed by atoms with Crippen molar-refractivity contribution in [3.05, 3.63) is 0 Å². The molecule has 3 heteroatoms. The third-order valence-electron chi connectivity index (χ3n) is 4.51. The second-order valence-electron chi connectivity index (χ2n) is 6.20. The molecule has 0 aromatic heterocycles. The molecular weight excluding hydrogens is 212 g/mol. The largest absolute Gasteiger partial charge is 0.393 e. The number of aliphatic hydroxyl groups is 1. The maximum atomic E-state index is 10.1. The number of nitrogens with zero attached hydrogens (tertiary/aromatic N) is 2. The first-order valence-electron chi connectivity index (χ1n) is 7.24. The van der Waals surface area contributed by atoms with Gasteiger partial charge in [0.2, 0.25) is 0 Å². The summed E-state index contributed by atoms with van der Waals surface area (Å²) in [5, 5.41) is 10.1. The second kappa shape index (κ2) is 6.17. The van der Waals surface area contributed by atoms with E-state index in [1.165, 1.54) is 45.4 Å². The average molecular weight is 240 g/mol. The highest BCUT2D eigenvalue weighted by atomic mass is 16.3. The Morgan fingerprint density at radius 3 is 2.76 bits per heavy atom. The Morgan fingerprint density at radius 1 is 1.12 bits per heavy atom. The van der Waals surface area contributed by atoms with Gasteiger partial charge in [-0.15, -0.1) is 0 Å². The smallest absolute Gasteiger partial charge is 0.0580 e. The lowest BCUT2D eigenvalue weighted by atomic mass is 9.80. The van der Waals surface area contributed by atoms with Gasteiger partial charge in [0, 0.05) is 19.6 Å². The van der Waals surface area contributed by atoms with Gasteiger partial charge in [0.05, 0.1) is 6.10 Å². The fraction of sp³-hybridized carbons (Fsp3) is 1.00. The Kier molecular flexibility index (Phi) is 4.83. The first kappa shape index (κ1) is 13.3. The molecule has 2 rings (SSSR count). The molecule has 0 spiro atoms. The summed E-state index contributed by atoms with van der Waals surface area (Å²) < 4.78 is 0. The Hall–Kier alpha value is -0.120. The van der Waals surface area contributed by atoms with Gasteiger partial charge in [0.15, 0.2) is 0 Å². The summed E-state index contributed by atoms with van der Waals surface area (Å²) in [5.74, 6) is 1.32. The monoisotopic (exact) mass is 240 g/mol. The van der Waals surface area contributed by atoms with Crippen molar-refractivity contribution >= 4 is 0 Å². The quantitative estimate of drug-likeness (QED) is 0.791. The molecule has 0 amide bonds. The van der Waals surface area contributed by atoms with Crippen LogP contribution in [-0.4, -0.2) is 60.8 Å². The van der Waals surface area contributed by atoms with Crippen molar-refractivity contribution in [2.75, 3.05) is 39.8 Å². The van der Waals surface area contributed by atoms with Crippen molar-refractivity contribution < 1.29 is 5.11 Å². The number of hydrogen-bond donors (Lipinski definition) is 1. The van der Waals surface area contributed by atoms with Gasteiger partial charge in [-0.2, -0.15) is 0 Å². The van der Waals surface area contributed by atoms with Crippen molar-refractivity contribution in [3.8, 4) is 0 Å². The van der Waals surface area contributed by atoms with E-state index in [0.29, 0.717) is 5.92 Å². The fourth-order valence-corrected chi connectivity index (χ4v) is 3.29. The minimum absolute atomic E-state index is 0.0489. The molecule has 100 valence electrons. The van der Waals surface area contributed by atoms with E-state index < -0.39 is 0 Å². The first-order valence-corrected chi connectivity index (χ1v) is 7.24. The van der Waals surface area contributed by atoms with E-state index in [4.69, 9.17) is 0 Å². The summed E-state index contributed by atoms with van der Waals surface area (Å²) >= 11 is 0. The van der Waals surface area contributed by atoms with Crippen molar-refractivity contribution in [1.29, 1.82) is 0 Å². The number of aliphatic hydroxyl groups excluding tert-OH is 1. The second-order valence-corrected chi connectivity index (χ2v) is 6.20. The van der Waals surface area contributed by atoms with Gasteiger partial charge in [-0.1, -0.05) is 6.92 Å². The highest BCUT2D eigenvalue weighted by Gasteiger charge is 2.28. The predicted molar refractivity (Wildman–Crippen MR) is 71.1 cm³/mol. The van der Waals surface area contributed by atoms with Crippen LogP contribution < -0.4 is 0 Å².